The molecule has 2 atom stereocenters. The number of amides is 1. The molecule has 0 bridgehead atoms. The standard InChI is InChI=1S/C22H24N2O3S/c1-15-9-10-19-17(13-15)14-20(28-19)22(26)27-16(2)21(25)24(12-6-11-23)18-7-4-3-5-8-18/h3-5,7-8,14-16H,6,9-10,12-13H2,1-2H3/t15-,16+/m0/s1. The maximum atomic E-state index is 12.9. The van der Waals surface area contributed by atoms with Gasteiger partial charge in [-0.15, -0.1) is 11.3 Å². The molecule has 146 valence electrons. The van der Waals surface area contributed by atoms with Crippen LogP contribution in [0.15, 0.2) is 36.4 Å². The smallest absolute Gasteiger partial charge is 0.349 e. The van der Waals surface area contributed by atoms with E-state index in [1.54, 1.807) is 19.1 Å². The van der Waals surface area contributed by atoms with Crippen molar-refractivity contribution < 1.29 is 14.3 Å². The third-order valence-corrected chi connectivity index (χ3v) is 6.16. The van der Waals surface area contributed by atoms with Crippen LogP contribution in [0.1, 0.15) is 46.8 Å². The molecule has 1 aliphatic carbocycles. The van der Waals surface area contributed by atoms with Gasteiger partial charge in [0.05, 0.1) is 12.5 Å². The molecule has 0 spiro atoms. The zero-order valence-corrected chi connectivity index (χ0v) is 17.0. The first kappa shape index (κ1) is 20.1. The number of hydrogen-bond acceptors (Lipinski definition) is 5. The number of esters is 1. The van der Waals surface area contributed by atoms with Crippen LogP contribution >= 0.6 is 11.3 Å². The summed E-state index contributed by atoms with van der Waals surface area (Å²) in [5, 5.41) is 8.90. The van der Waals surface area contributed by atoms with E-state index in [9.17, 15) is 9.59 Å². The third-order valence-electron chi connectivity index (χ3n) is 4.94. The number of carbonyl (C=O) groups excluding carboxylic acids is 2. The number of nitriles is 1. The number of ether oxygens (including phenoxy) is 1. The van der Waals surface area contributed by atoms with Gasteiger partial charge in [-0.25, -0.2) is 4.79 Å². The van der Waals surface area contributed by atoms with Crippen molar-refractivity contribution in [1.82, 2.24) is 0 Å². The molecule has 0 unspecified atom stereocenters. The second-order valence-corrected chi connectivity index (χ2v) is 8.32. The molecule has 3 rings (SSSR count). The number of nitrogens with zero attached hydrogens (tertiary/aromatic N) is 2. The van der Waals surface area contributed by atoms with Crippen LogP contribution in [0.4, 0.5) is 5.69 Å². The van der Waals surface area contributed by atoms with E-state index < -0.39 is 12.1 Å². The molecule has 1 amide bonds. The summed E-state index contributed by atoms with van der Waals surface area (Å²) < 4.78 is 5.48. The van der Waals surface area contributed by atoms with Crippen LogP contribution in [0.25, 0.3) is 0 Å². The van der Waals surface area contributed by atoms with E-state index in [2.05, 4.69) is 13.0 Å². The Morgan fingerprint density at radius 1 is 1.36 bits per heavy atom. The summed E-state index contributed by atoms with van der Waals surface area (Å²) in [7, 11) is 0. The summed E-state index contributed by atoms with van der Waals surface area (Å²) in [4.78, 5) is 28.8. The van der Waals surface area contributed by atoms with Gasteiger partial charge < -0.3 is 9.64 Å². The van der Waals surface area contributed by atoms with Gasteiger partial charge in [0, 0.05) is 17.1 Å². The summed E-state index contributed by atoms with van der Waals surface area (Å²) >= 11 is 1.48. The van der Waals surface area contributed by atoms with Gasteiger partial charge in [-0.3, -0.25) is 4.79 Å². The maximum absolute atomic E-state index is 12.9. The summed E-state index contributed by atoms with van der Waals surface area (Å²) in [5.41, 5.74) is 1.92. The van der Waals surface area contributed by atoms with E-state index in [-0.39, 0.29) is 18.9 Å². The number of aryl methyl sites for hydroxylation is 1. The van der Waals surface area contributed by atoms with Crippen LogP contribution in [0.5, 0.6) is 0 Å². The fraction of sp³-hybridized carbons (Fsp3) is 0.409. The Hall–Kier alpha value is -2.65. The third kappa shape index (κ3) is 4.60. The Labute approximate surface area is 169 Å². The van der Waals surface area contributed by atoms with Crippen LogP contribution in [0, 0.1) is 17.2 Å². The molecule has 1 aromatic heterocycles. The lowest BCUT2D eigenvalue weighted by Crippen LogP contribution is -2.40. The number of fused-ring (bicyclic) bond motifs is 1. The van der Waals surface area contributed by atoms with E-state index in [1.165, 1.54) is 26.7 Å². The highest BCUT2D eigenvalue weighted by molar-refractivity contribution is 7.14. The van der Waals surface area contributed by atoms with Gasteiger partial charge in [0.25, 0.3) is 5.91 Å². The number of rotatable bonds is 6. The summed E-state index contributed by atoms with van der Waals surface area (Å²) in [6.07, 6.45) is 2.41. The highest BCUT2D eigenvalue weighted by atomic mass is 32.1. The van der Waals surface area contributed by atoms with Crippen LogP contribution in [-0.4, -0.2) is 24.5 Å². The van der Waals surface area contributed by atoms with Crippen LogP contribution in [0.3, 0.4) is 0 Å². The van der Waals surface area contributed by atoms with Crippen molar-refractivity contribution in [2.24, 2.45) is 5.92 Å². The highest BCUT2D eigenvalue weighted by Crippen LogP contribution is 2.32. The molecule has 28 heavy (non-hydrogen) atoms. The average molecular weight is 397 g/mol. The van der Waals surface area contributed by atoms with E-state index >= 15 is 0 Å². The van der Waals surface area contributed by atoms with E-state index in [0.717, 1.165) is 19.3 Å². The lowest BCUT2D eigenvalue weighted by Gasteiger charge is -2.25. The van der Waals surface area contributed by atoms with Gasteiger partial charge in [-0.2, -0.15) is 5.26 Å². The normalized spacial score (nSPS) is 16.5. The number of hydrogen-bond donors (Lipinski definition) is 0. The lowest BCUT2D eigenvalue weighted by atomic mass is 9.90. The molecular formula is C22H24N2O3S. The second kappa shape index (κ2) is 9.03. The zero-order chi connectivity index (χ0) is 20.1. The molecule has 0 saturated carbocycles. The summed E-state index contributed by atoms with van der Waals surface area (Å²) in [5.74, 6) is -0.156. The molecule has 0 fully saturated rings. The molecule has 0 saturated heterocycles. The van der Waals surface area contributed by atoms with Crippen molar-refractivity contribution in [3.05, 3.63) is 51.7 Å². The minimum Gasteiger partial charge on any atom is -0.448 e. The van der Waals surface area contributed by atoms with Gasteiger partial charge >= 0.3 is 5.97 Å². The highest BCUT2D eigenvalue weighted by Gasteiger charge is 2.27. The SMILES string of the molecule is C[C@H]1CCc2sc(C(=O)O[C@H](C)C(=O)N(CCC#N)c3ccccc3)cc2C1. The molecule has 0 radical (unpaired) electrons. The fourth-order valence-corrected chi connectivity index (χ4v) is 4.52. The fourth-order valence-electron chi connectivity index (χ4n) is 3.43. The van der Waals surface area contributed by atoms with Crippen molar-refractivity contribution >= 4 is 28.9 Å². The molecule has 1 heterocycles. The lowest BCUT2D eigenvalue weighted by molar-refractivity contribution is -0.126. The van der Waals surface area contributed by atoms with Gasteiger partial charge in [-0.1, -0.05) is 25.1 Å². The molecule has 6 heteroatoms. The number of benzene rings is 1. The van der Waals surface area contributed by atoms with Crippen LogP contribution < -0.4 is 4.90 Å². The first-order chi connectivity index (χ1) is 13.5. The molecule has 2 aromatic rings. The Balaban J connectivity index is 1.70. The number of thiophene rings is 1. The largest absolute Gasteiger partial charge is 0.448 e. The van der Waals surface area contributed by atoms with Gasteiger partial charge in [-0.05, 0) is 55.9 Å². The molecule has 0 aliphatic heterocycles. The predicted octanol–water partition coefficient (Wildman–Crippen LogP) is 4.37. The molecule has 1 aromatic carbocycles. The Kier molecular flexibility index (Phi) is 6.48. The summed E-state index contributed by atoms with van der Waals surface area (Å²) in [6.45, 7) is 4.06. The Bertz CT molecular complexity index is 885. The number of para-hydroxylation sites is 1. The van der Waals surface area contributed by atoms with Crippen molar-refractivity contribution in [2.45, 2.75) is 45.6 Å². The number of carbonyl (C=O) groups is 2. The minimum absolute atomic E-state index is 0.205. The van der Waals surface area contributed by atoms with Crippen LogP contribution in [0.2, 0.25) is 0 Å². The van der Waals surface area contributed by atoms with E-state index in [4.69, 9.17) is 10.00 Å². The molecular weight excluding hydrogens is 372 g/mol. The van der Waals surface area contributed by atoms with E-state index in [1.807, 2.05) is 24.3 Å². The van der Waals surface area contributed by atoms with Crippen molar-refractivity contribution in [3.63, 3.8) is 0 Å². The quantitative estimate of drug-likeness (QED) is 0.680. The predicted molar refractivity (Wildman–Crippen MR) is 109 cm³/mol. The van der Waals surface area contributed by atoms with Crippen molar-refractivity contribution in [3.8, 4) is 6.07 Å². The van der Waals surface area contributed by atoms with E-state index in [0.29, 0.717) is 16.5 Å². The monoisotopic (exact) mass is 396 g/mol. The number of anilines is 1. The van der Waals surface area contributed by atoms with Gasteiger partial charge in [0.15, 0.2) is 6.10 Å². The van der Waals surface area contributed by atoms with Crippen molar-refractivity contribution in [2.75, 3.05) is 11.4 Å². The first-order valence-corrected chi connectivity index (χ1v) is 10.4. The maximum Gasteiger partial charge on any atom is 0.349 e. The Morgan fingerprint density at radius 2 is 2.11 bits per heavy atom. The minimum atomic E-state index is -0.926. The van der Waals surface area contributed by atoms with Crippen LogP contribution in [-0.2, 0) is 22.4 Å². The Morgan fingerprint density at radius 3 is 2.82 bits per heavy atom. The first-order valence-electron chi connectivity index (χ1n) is 9.55. The average Bonchev–Trinajstić information content (AvgIpc) is 3.12. The van der Waals surface area contributed by atoms with Gasteiger partial charge in [0.2, 0.25) is 0 Å². The van der Waals surface area contributed by atoms with Crippen molar-refractivity contribution in [1.29, 1.82) is 5.26 Å². The van der Waals surface area contributed by atoms with Gasteiger partial charge in [0.1, 0.15) is 4.88 Å². The molecule has 5 nitrogen and oxygen atoms in total. The zero-order valence-electron chi connectivity index (χ0n) is 16.2. The molecule has 1 aliphatic rings. The molecule has 0 N–H and O–H groups in total. The summed E-state index contributed by atoms with van der Waals surface area (Å²) in [6, 6.07) is 13.1. The second-order valence-electron chi connectivity index (χ2n) is 7.19. The topological polar surface area (TPSA) is 70.4 Å².